The molecule has 0 saturated heterocycles. The highest BCUT2D eigenvalue weighted by atomic mass is 16.6. The van der Waals surface area contributed by atoms with Crippen LogP contribution in [-0.4, -0.2) is 31.8 Å². The highest BCUT2D eigenvalue weighted by molar-refractivity contribution is 5.77. The summed E-state index contributed by atoms with van der Waals surface area (Å²) in [6.07, 6.45) is 0. The highest BCUT2D eigenvalue weighted by Crippen LogP contribution is 2.07. The zero-order valence-corrected chi connectivity index (χ0v) is 9.55. The largest absolute Gasteiger partial charge is 0.482 e. The lowest BCUT2D eigenvalue weighted by molar-refractivity contribution is -0.159. The third kappa shape index (κ3) is 5.55. The molecule has 0 N–H and O–H groups in total. The summed E-state index contributed by atoms with van der Waals surface area (Å²) in [6.45, 7) is 1.32. The first-order valence-electron chi connectivity index (χ1n) is 5.21. The number of carbonyl (C=O) groups is 2. The van der Waals surface area contributed by atoms with Crippen LogP contribution in [0.5, 0.6) is 5.75 Å². The molecule has 92 valence electrons. The van der Waals surface area contributed by atoms with Gasteiger partial charge in [-0.2, -0.15) is 0 Å². The van der Waals surface area contributed by atoms with E-state index >= 15 is 0 Å². The van der Waals surface area contributed by atoms with Crippen molar-refractivity contribution in [2.75, 3.05) is 19.8 Å². The van der Waals surface area contributed by atoms with E-state index in [1.54, 1.807) is 31.2 Å². The van der Waals surface area contributed by atoms with Gasteiger partial charge in [0, 0.05) is 0 Å². The van der Waals surface area contributed by atoms with Crippen LogP contribution in [-0.2, 0) is 19.1 Å². The minimum Gasteiger partial charge on any atom is -0.482 e. The van der Waals surface area contributed by atoms with Gasteiger partial charge in [-0.15, -0.1) is 0 Å². The lowest BCUT2D eigenvalue weighted by Crippen LogP contribution is -2.20. The van der Waals surface area contributed by atoms with Crippen molar-refractivity contribution in [3.8, 4) is 5.75 Å². The molecule has 0 radical (unpaired) electrons. The maximum Gasteiger partial charge on any atom is 0.344 e. The Kier molecular flexibility index (Phi) is 5.57. The fourth-order valence-electron chi connectivity index (χ4n) is 1.04. The van der Waals surface area contributed by atoms with Crippen molar-refractivity contribution < 1.29 is 23.8 Å². The second kappa shape index (κ2) is 7.27. The predicted molar refractivity (Wildman–Crippen MR) is 59.5 cm³/mol. The average Bonchev–Trinajstić information content (AvgIpc) is 2.35. The molecule has 5 nitrogen and oxygen atoms in total. The minimum atomic E-state index is -0.609. The number of rotatable bonds is 6. The van der Waals surface area contributed by atoms with Crippen LogP contribution >= 0.6 is 0 Å². The van der Waals surface area contributed by atoms with Crippen LogP contribution in [0.15, 0.2) is 30.3 Å². The zero-order chi connectivity index (χ0) is 12.5. The summed E-state index contributed by atoms with van der Waals surface area (Å²) in [4.78, 5) is 22.1. The Morgan fingerprint density at radius 3 is 2.29 bits per heavy atom. The van der Waals surface area contributed by atoms with E-state index in [1.165, 1.54) is 0 Å². The molecule has 0 unspecified atom stereocenters. The molecule has 0 amide bonds. The Morgan fingerprint density at radius 1 is 1.00 bits per heavy atom. The Balaban J connectivity index is 2.20. The lowest BCUT2D eigenvalue weighted by atomic mass is 10.3. The first kappa shape index (κ1) is 13.0. The van der Waals surface area contributed by atoms with Gasteiger partial charge in [-0.25, -0.2) is 9.59 Å². The maximum absolute atomic E-state index is 11.2. The van der Waals surface area contributed by atoms with Crippen molar-refractivity contribution in [1.82, 2.24) is 0 Å². The number of carbonyl (C=O) groups excluding carboxylic acids is 2. The van der Waals surface area contributed by atoms with Gasteiger partial charge in [-0.3, -0.25) is 0 Å². The van der Waals surface area contributed by atoms with E-state index < -0.39 is 11.9 Å². The van der Waals surface area contributed by atoms with Crippen LogP contribution < -0.4 is 4.74 Å². The van der Waals surface area contributed by atoms with Gasteiger partial charge in [-0.05, 0) is 19.1 Å². The first-order chi connectivity index (χ1) is 8.22. The summed E-state index contributed by atoms with van der Waals surface area (Å²) < 4.78 is 14.4. The molecular formula is C12H14O5. The molecule has 1 rings (SSSR count). The fourth-order valence-corrected chi connectivity index (χ4v) is 1.04. The molecule has 17 heavy (non-hydrogen) atoms. The van der Waals surface area contributed by atoms with E-state index in [0.29, 0.717) is 5.75 Å². The van der Waals surface area contributed by atoms with Gasteiger partial charge in [0.2, 0.25) is 0 Å². The molecule has 0 heterocycles. The van der Waals surface area contributed by atoms with Crippen molar-refractivity contribution in [2.45, 2.75) is 6.92 Å². The minimum absolute atomic E-state index is 0.233. The van der Waals surface area contributed by atoms with Gasteiger partial charge in [0.1, 0.15) is 5.75 Å². The fraction of sp³-hybridized carbons (Fsp3) is 0.333. The summed E-state index contributed by atoms with van der Waals surface area (Å²) in [5.74, 6) is -0.608. The molecule has 0 atom stereocenters. The molecule has 5 heteroatoms. The zero-order valence-electron chi connectivity index (χ0n) is 9.55. The van der Waals surface area contributed by atoms with Gasteiger partial charge >= 0.3 is 11.9 Å². The van der Waals surface area contributed by atoms with Crippen LogP contribution in [0.25, 0.3) is 0 Å². The summed E-state index contributed by atoms with van der Waals surface area (Å²) in [7, 11) is 0. The van der Waals surface area contributed by atoms with Crippen LogP contribution in [0.1, 0.15) is 6.92 Å². The third-order valence-electron chi connectivity index (χ3n) is 1.76. The molecule has 0 spiro atoms. The Hall–Kier alpha value is -2.04. The van der Waals surface area contributed by atoms with Gasteiger partial charge in [0.15, 0.2) is 13.2 Å². The predicted octanol–water partition coefficient (Wildman–Crippen LogP) is 1.17. The molecule has 0 aromatic heterocycles. The summed E-state index contributed by atoms with van der Waals surface area (Å²) >= 11 is 0. The van der Waals surface area contributed by atoms with Crippen LogP contribution in [0.3, 0.4) is 0 Å². The van der Waals surface area contributed by atoms with Gasteiger partial charge in [0.05, 0.1) is 6.61 Å². The number of esters is 2. The Bertz CT molecular complexity index is 360. The monoisotopic (exact) mass is 238 g/mol. The topological polar surface area (TPSA) is 61.8 Å². The second-order valence-electron chi connectivity index (χ2n) is 3.07. The Morgan fingerprint density at radius 2 is 1.65 bits per heavy atom. The first-order valence-corrected chi connectivity index (χ1v) is 5.21. The van der Waals surface area contributed by atoms with Crippen LogP contribution in [0, 0.1) is 0 Å². The molecule has 1 aromatic carbocycles. The van der Waals surface area contributed by atoms with Gasteiger partial charge in [0.25, 0.3) is 0 Å². The summed E-state index contributed by atoms with van der Waals surface area (Å²) in [5, 5.41) is 0. The molecule has 1 aromatic rings. The lowest BCUT2D eigenvalue weighted by Gasteiger charge is -2.06. The van der Waals surface area contributed by atoms with E-state index in [4.69, 9.17) is 4.74 Å². The number of ether oxygens (including phenoxy) is 3. The smallest absolute Gasteiger partial charge is 0.344 e. The molecular weight excluding hydrogens is 224 g/mol. The number of para-hydroxylation sites is 1. The second-order valence-corrected chi connectivity index (χ2v) is 3.07. The number of hydrogen-bond acceptors (Lipinski definition) is 5. The molecule has 0 saturated carbocycles. The Labute approximate surface area is 99.3 Å². The van der Waals surface area contributed by atoms with Gasteiger partial charge < -0.3 is 14.2 Å². The number of hydrogen-bond donors (Lipinski definition) is 0. The molecule has 0 aliphatic carbocycles. The van der Waals surface area contributed by atoms with Crippen molar-refractivity contribution in [3.63, 3.8) is 0 Å². The van der Waals surface area contributed by atoms with Crippen molar-refractivity contribution >= 4 is 11.9 Å². The van der Waals surface area contributed by atoms with Crippen molar-refractivity contribution in [1.29, 1.82) is 0 Å². The standard InChI is InChI=1S/C12H14O5/c1-2-15-11(13)9-17-12(14)8-16-10-6-4-3-5-7-10/h3-7H,2,8-9H2,1H3. The normalized spacial score (nSPS) is 9.47. The molecule has 0 aliphatic heterocycles. The summed E-state index contributed by atoms with van der Waals surface area (Å²) in [5.41, 5.74) is 0. The van der Waals surface area contributed by atoms with E-state index in [2.05, 4.69) is 9.47 Å². The van der Waals surface area contributed by atoms with E-state index in [1.807, 2.05) is 6.07 Å². The molecule has 0 bridgehead atoms. The van der Waals surface area contributed by atoms with Crippen molar-refractivity contribution in [3.05, 3.63) is 30.3 Å². The number of benzene rings is 1. The maximum atomic E-state index is 11.2. The van der Waals surface area contributed by atoms with Crippen LogP contribution in [0.2, 0.25) is 0 Å². The quantitative estimate of drug-likeness (QED) is 0.696. The average molecular weight is 238 g/mol. The third-order valence-corrected chi connectivity index (χ3v) is 1.76. The molecule has 0 fully saturated rings. The SMILES string of the molecule is CCOC(=O)COC(=O)COc1ccccc1. The van der Waals surface area contributed by atoms with Gasteiger partial charge in [-0.1, -0.05) is 18.2 Å². The van der Waals surface area contributed by atoms with Crippen molar-refractivity contribution in [2.24, 2.45) is 0 Å². The van der Waals surface area contributed by atoms with E-state index in [-0.39, 0.29) is 19.8 Å². The van der Waals surface area contributed by atoms with E-state index in [9.17, 15) is 9.59 Å². The van der Waals surface area contributed by atoms with E-state index in [0.717, 1.165) is 0 Å². The highest BCUT2D eigenvalue weighted by Gasteiger charge is 2.08. The van der Waals surface area contributed by atoms with Crippen LogP contribution in [0.4, 0.5) is 0 Å². The molecule has 0 aliphatic rings. The summed E-state index contributed by atoms with van der Waals surface area (Å²) in [6, 6.07) is 8.86.